The number of hydrogen-bond acceptors (Lipinski definition) is 6. The van der Waals surface area contributed by atoms with Crippen LogP contribution in [0.25, 0.3) is 0 Å². The van der Waals surface area contributed by atoms with E-state index in [1.165, 1.54) is 19.9 Å². The van der Waals surface area contributed by atoms with Crippen LogP contribution in [0, 0.1) is 0 Å². The maximum atomic E-state index is 11.8. The topological polar surface area (TPSA) is 68.2 Å². The minimum absolute atomic E-state index is 0.124. The highest BCUT2D eigenvalue weighted by Crippen LogP contribution is 2.10. The lowest BCUT2D eigenvalue weighted by atomic mass is 10.2. The maximum absolute atomic E-state index is 11.8. The molecule has 20 heavy (non-hydrogen) atoms. The largest absolute Gasteiger partial charge is 0.459 e. The summed E-state index contributed by atoms with van der Waals surface area (Å²) in [5, 5.41) is 4.04. The van der Waals surface area contributed by atoms with Crippen molar-refractivity contribution in [3.63, 3.8) is 0 Å². The summed E-state index contributed by atoms with van der Waals surface area (Å²) >= 11 is 5.62. The molecule has 0 radical (unpaired) electrons. The fourth-order valence-electron chi connectivity index (χ4n) is 1.33. The molecule has 0 saturated heterocycles. The Labute approximate surface area is 121 Å². The monoisotopic (exact) mass is 298 g/mol. The number of ether oxygens (including phenoxy) is 1. The molecule has 0 spiro atoms. The summed E-state index contributed by atoms with van der Waals surface area (Å²) in [6.45, 7) is 3.13. The zero-order chi connectivity index (χ0) is 15.0. The molecule has 0 aliphatic heterocycles. The molecule has 0 fully saturated rings. The minimum atomic E-state index is -0.915. The Balaban J connectivity index is 2.57. The first-order chi connectivity index (χ1) is 9.54. The van der Waals surface area contributed by atoms with E-state index < -0.39 is 17.6 Å². The molecule has 0 amide bonds. The molecular formula is C13H15ClN2O4. The van der Waals surface area contributed by atoms with E-state index in [2.05, 4.69) is 5.10 Å². The molecule has 7 heteroatoms. The zero-order valence-corrected chi connectivity index (χ0v) is 11.9. The Morgan fingerprint density at radius 3 is 2.60 bits per heavy atom. The van der Waals surface area contributed by atoms with E-state index in [0.717, 1.165) is 10.7 Å². The summed E-state index contributed by atoms with van der Waals surface area (Å²) < 4.78 is 5.11. The Hall–Kier alpha value is -1.88. The van der Waals surface area contributed by atoms with Crippen molar-refractivity contribution >= 4 is 23.7 Å². The van der Waals surface area contributed by atoms with Crippen molar-refractivity contribution in [3.8, 4) is 0 Å². The fraction of sp³-hybridized carbons (Fsp3) is 0.385. The molecule has 0 aromatic heterocycles. The minimum Gasteiger partial charge on any atom is -0.459 e. The lowest BCUT2D eigenvalue weighted by Crippen LogP contribution is -2.37. The number of esters is 1. The molecule has 6 nitrogen and oxygen atoms in total. The van der Waals surface area contributed by atoms with Gasteiger partial charge in [0.2, 0.25) is 0 Å². The molecule has 1 aromatic rings. The van der Waals surface area contributed by atoms with E-state index in [4.69, 9.17) is 21.2 Å². The number of nitrogens with zero attached hydrogens (tertiary/aromatic N) is 2. The quantitative estimate of drug-likeness (QED) is 0.254. The number of rotatable bonds is 7. The van der Waals surface area contributed by atoms with E-state index >= 15 is 0 Å². The predicted octanol–water partition coefficient (Wildman–Crippen LogP) is 2.19. The lowest BCUT2D eigenvalue weighted by molar-refractivity contribution is -0.206. The summed E-state index contributed by atoms with van der Waals surface area (Å²) in [4.78, 5) is 27.1. The van der Waals surface area contributed by atoms with Crippen molar-refractivity contribution in [3.05, 3.63) is 35.9 Å². The third kappa shape index (κ3) is 5.40. The summed E-state index contributed by atoms with van der Waals surface area (Å²) in [5.41, 5.74) is 0.0987. The second-order valence-corrected chi connectivity index (χ2v) is 4.53. The van der Waals surface area contributed by atoms with Crippen LogP contribution in [0.15, 0.2) is 35.4 Å². The standard InChI is InChI=1S/C13H15ClN2O4/c1-10(16(15-9-17)20-11(2)14)13(18)19-8-12-6-4-3-5-7-12/h3-7,10-11H,8H2,1-2H3/t10-,11+/m0/s1. The molecule has 1 rings (SSSR count). The fourth-order valence-corrected chi connectivity index (χ4v) is 1.41. The van der Waals surface area contributed by atoms with Gasteiger partial charge < -0.3 is 4.74 Å². The highest BCUT2D eigenvalue weighted by atomic mass is 35.5. The molecule has 108 valence electrons. The van der Waals surface area contributed by atoms with E-state index in [9.17, 15) is 9.59 Å². The van der Waals surface area contributed by atoms with Crippen LogP contribution in [0.3, 0.4) is 0 Å². The van der Waals surface area contributed by atoms with E-state index in [-0.39, 0.29) is 6.61 Å². The molecule has 0 bridgehead atoms. The smallest absolute Gasteiger partial charge is 0.333 e. The first kappa shape index (κ1) is 16.2. The first-order valence-electron chi connectivity index (χ1n) is 5.93. The molecule has 0 saturated carbocycles. The first-order valence-corrected chi connectivity index (χ1v) is 6.36. The lowest BCUT2D eigenvalue weighted by Gasteiger charge is -2.23. The van der Waals surface area contributed by atoms with Crippen molar-refractivity contribution in [2.45, 2.75) is 32.1 Å². The average Bonchev–Trinajstić information content (AvgIpc) is 2.44. The molecular weight excluding hydrogens is 284 g/mol. The predicted molar refractivity (Wildman–Crippen MR) is 72.1 cm³/mol. The van der Waals surface area contributed by atoms with Gasteiger partial charge in [0.25, 0.3) is 6.08 Å². The molecule has 0 aliphatic rings. The van der Waals surface area contributed by atoms with Crippen molar-refractivity contribution in [1.82, 2.24) is 5.17 Å². The van der Waals surface area contributed by atoms with Crippen LogP contribution in [-0.2, 0) is 25.8 Å². The van der Waals surface area contributed by atoms with Crippen LogP contribution in [0.5, 0.6) is 0 Å². The van der Waals surface area contributed by atoms with Crippen LogP contribution >= 0.6 is 11.6 Å². The van der Waals surface area contributed by atoms with Crippen LogP contribution in [0.2, 0.25) is 0 Å². The number of hydroxylamine groups is 1. The van der Waals surface area contributed by atoms with E-state index in [0.29, 0.717) is 0 Å². The third-order valence-electron chi connectivity index (χ3n) is 2.29. The van der Waals surface area contributed by atoms with E-state index in [1.54, 1.807) is 0 Å². The second-order valence-electron chi connectivity index (χ2n) is 3.91. The van der Waals surface area contributed by atoms with Crippen molar-refractivity contribution in [1.29, 1.82) is 0 Å². The van der Waals surface area contributed by atoms with Crippen LogP contribution in [0.1, 0.15) is 19.4 Å². The molecule has 0 N–H and O–H groups in total. The number of isocyanates is 1. The Morgan fingerprint density at radius 1 is 1.40 bits per heavy atom. The van der Waals surface area contributed by atoms with Gasteiger partial charge in [0.05, 0.1) is 0 Å². The Bertz CT molecular complexity index is 475. The van der Waals surface area contributed by atoms with Gasteiger partial charge in [0, 0.05) is 0 Å². The van der Waals surface area contributed by atoms with Crippen LogP contribution < -0.4 is 0 Å². The number of benzene rings is 1. The Kier molecular flexibility index (Phi) is 6.73. The van der Waals surface area contributed by atoms with Crippen LogP contribution in [-0.4, -0.2) is 28.8 Å². The molecule has 1 aromatic carbocycles. The summed E-state index contributed by atoms with van der Waals surface area (Å²) in [6.07, 6.45) is 1.29. The molecule has 0 aliphatic carbocycles. The highest BCUT2D eigenvalue weighted by molar-refractivity contribution is 6.19. The summed E-state index contributed by atoms with van der Waals surface area (Å²) in [7, 11) is 0. The van der Waals surface area contributed by atoms with Gasteiger partial charge in [-0.3, -0.25) is 0 Å². The average molecular weight is 299 g/mol. The highest BCUT2D eigenvalue weighted by Gasteiger charge is 2.24. The summed E-state index contributed by atoms with van der Waals surface area (Å²) in [5.74, 6) is -0.592. The van der Waals surface area contributed by atoms with Gasteiger partial charge >= 0.3 is 5.97 Å². The Morgan fingerprint density at radius 2 is 2.05 bits per heavy atom. The van der Waals surface area contributed by atoms with Crippen molar-refractivity contribution in [2.75, 3.05) is 0 Å². The number of carbonyl (C=O) groups is 1. The summed E-state index contributed by atoms with van der Waals surface area (Å²) in [6, 6.07) is 8.29. The van der Waals surface area contributed by atoms with E-state index in [1.807, 2.05) is 30.3 Å². The third-order valence-corrected chi connectivity index (χ3v) is 2.37. The SMILES string of the molecule is C[C@H](Cl)ON(N=C=O)[C@@H](C)C(=O)OCc1ccccc1. The number of alkyl halides is 1. The van der Waals surface area contributed by atoms with Gasteiger partial charge in [-0.15, -0.1) is 5.17 Å². The van der Waals surface area contributed by atoms with Gasteiger partial charge in [-0.05, 0) is 19.4 Å². The van der Waals surface area contributed by atoms with Crippen LogP contribution in [0.4, 0.5) is 0 Å². The molecule has 0 heterocycles. The van der Waals surface area contributed by atoms with Gasteiger partial charge in [0.15, 0.2) is 11.6 Å². The number of hydrogen-bond donors (Lipinski definition) is 0. The van der Waals surface area contributed by atoms with Crippen molar-refractivity contribution < 1.29 is 19.2 Å². The van der Waals surface area contributed by atoms with Gasteiger partial charge in [0.1, 0.15) is 6.61 Å². The second kappa shape index (κ2) is 8.32. The number of hydrazone groups is 1. The van der Waals surface area contributed by atoms with Gasteiger partial charge in [-0.25, -0.2) is 14.4 Å². The molecule has 2 atom stereocenters. The normalized spacial score (nSPS) is 12.9. The van der Waals surface area contributed by atoms with Crippen molar-refractivity contribution in [2.24, 2.45) is 5.10 Å². The van der Waals surface area contributed by atoms with Gasteiger partial charge in [-0.1, -0.05) is 47.0 Å². The van der Waals surface area contributed by atoms with Gasteiger partial charge in [-0.2, -0.15) is 0 Å². The zero-order valence-electron chi connectivity index (χ0n) is 11.2. The molecule has 0 unspecified atom stereocenters. The maximum Gasteiger partial charge on any atom is 0.333 e. The number of carbonyl (C=O) groups excluding carboxylic acids is 2. The number of halogens is 1.